The molecule has 0 saturated carbocycles. The van der Waals surface area contributed by atoms with Crippen molar-refractivity contribution in [2.45, 2.75) is 23.0 Å². The van der Waals surface area contributed by atoms with E-state index in [0.717, 1.165) is 19.3 Å². The first-order valence-electron chi connectivity index (χ1n) is 8.93. The Kier molecular flexibility index (Phi) is 6.03. The van der Waals surface area contributed by atoms with Gasteiger partial charge in [-0.25, -0.2) is 0 Å². The van der Waals surface area contributed by atoms with Crippen molar-refractivity contribution in [2.24, 2.45) is 0 Å². The molecule has 0 heterocycles. The molecule has 135 valence electrons. The van der Waals surface area contributed by atoms with Crippen molar-refractivity contribution < 1.29 is 20.4 Å². The van der Waals surface area contributed by atoms with Crippen LogP contribution >= 0.6 is 24.8 Å². The second-order valence-corrected chi connectivity index (χ2v) is 8.65. The second kappa shape index (κ2) is 7.97. The van der Waals surface area contributed by atoms with Crippen LogP contribution in [0.4, 0.5) is 0 Å². The van der Waals surface area contributed by atoms with Crippen LogP contribution in [0.25, 0.3) is 12.2 Å². The summed E-state index contributed by atoms with van der Waals surface area (Å²) >= 11 is 2.38. The van der Waals surface area contributed by atoms with E-state index in [1.54, 1.807) is 5.57 Å². The molecule has 0 amide bonds. The molecule has 0 radical (unpaired) electrons. The van der Waals surface area contributed by atoms with Gasteiger partial charge < -0.3 is 0 Å². The third-order valence-electron chi connectivity index (χ3n) is 5.67. The van der Waals surface area contributed by atoms with E-state index in [1.807, 2.05) is 0 Å². The Morgan fingerprint density at radius 1 is 0.778 bits per heavy atom. The molecule has 27 heavy (non-hydrogen) atoms. The second-order valence-electron chi connectivity index (χ2n) is 7.26. The minimum atomic E-state index is 0. The average Bonchev–Trinajstić information content (AvgIpc) is 3.26. The first kappa shape index (κ1) is 20.4. The molecule has 0 bridgehead atoms. The molecule has 0 saturated heterocycles. The van der Waals surface area contributed by atoms with Crippen molar-refractivity contribution in [3.05, 3.63) is 106 Å². The van der Waals surface area contributed by atoms with Gasteiger partial charge in [-0.2, -0.15) is 0 Å². The number of rotatable bonds is 2. The Hall–Kier alpha value is -1.31. The number of hydrogen-bond donors (Lipinski definition) is 0. The zero-order valence-electron chi connectivity index (χ0n) is 14.9. The molecule has 0 aromatic heterocycles. The molecule has 5 rings (SSSR count). The van der Waals surface area contributed by atoms with Gasteiger partial charge in [0.1, 0.15) is 0 Å². The maximum atomic E-state index is 2.45. The van der Waals surface area contributed by atoms with Crippen molar-refractivity contribution >= 4 is 37.0 Å². The van der Waals surface area contributed by atoms with Crippen molar-refractivity contribution in [1.82, 2.24) is 0 Å². The molecule has 0 nitrogen and oxygen atoms in total. The fraction of sp³-hybridized carbons (Fsp3) is 0.167. The summed E-state index contributed by atoms with van der Waals surface area (Å²) in [5.74, 6) is 0. The molecule has 0 aliphatic heterocycles. The van der Waals surface area contributed by atoms with Gasteiger partial charge in [0.2, 0.25) is 0 Å². The van der Waals surface area contributed by atoms with E-state index < -0.39 is 0 Å². The SMILES string of the molecule is Cl.Cl.[Ti][C]1(C2=Cc3ccccc3C2)C=CC(C2=Cc3ccccc3C2)=CC1. The summed E-state index contributed by atoms with van der Waals surface area (Å²) in [6, 6.07) is 17.5. The molecule has 0 fully saturated rings. The Labute approximate surface area is 185 Å². The predicted molar refractivity (Wildman–Crippen MR) is 115 cm³/mol. The summed E-state index contributed by atoms with van der Waals surface area (Å²) in [6.45, 7) is 0. The fourth-order valence-corrected chi connectivity index (χ4v) is 4.69. The maximum absolute atomic E-state index is 2.45. The molecule has 3 aliphatic carbocycles. The van der Waals surface area contributed by atoms with E-state index in [1.165, 1.54) is 33.4 Å². The van der Waals surface area contributed by atoms with Crippen molar-refractivity contribution in [1.29, 1.82) is 0 Å². The topological polar surface area (TPSA) is 0 Å². The molecule has 3 aliphatic rings. The summed E-state index contributed by atoms with van der Waals surface area (Å²) in [5, 5.41) is 0. The van der Waals surface area contributed by atoms with Crippen molar-refractivity contribution in [3.63, 3.8) is 0 Å². The number of fused-ring (bicyclic) bond motifs is 2. The number of allylic oxidation sites excluding steroid dienone is 6. The molecular formula is C24H21Cl2Ti. The summed E-state index contributed by atoms with van der Waals surface area (Å²) in [5.41, 5.74) is 10.1. The summed E-state index contributed by atoms with van der Waals surface area (Å²) in [7, 11) is 0. The molecular weight excluding hydrogens is 407 g/mol. The zero-order chi connectivity index (χ0) is 16.9. The van der Waals surface area contributed by atoms with Gasteiger partial charge in [0, 0.05) is 0 Å². The van der Waals surface area contributed by atoms with Crippen LogP contribution in [0.5, 0.6) is 0 Å². The molecule has 1 atom stereocenters. The standard InChI is InChI=1S/C24H19.2ClH.Ti/c1-2-6-20-14-23(13-19(20)5-1)17-9-11-18(12-10-17)24-15-21-7-3-4-8-22(21)16-24;;;/h1-11,13,15H,12,14,16H2;2*1H;. The Morgan fingerprint density at radius 2 is 1.41 bits per heavy atom. The molecule has 2 aromatic carbocycles. The number of benzene rings is 2. The van der Waals surface area contributed by atoms with Crippen LogP contribution in [-0.4, -0.2) is 0 Å². The quantitative estimate of drug-likeness (QED) is 0.467. The van der Waals surface area contributed by atoms with E-state index in [0.29, 0.717) is 0 Å². The van der Waals surface area contributed by atoms with Crippen LogP contribution in [0.2, 0.25) is 3.72 Å². The van der Waals surface area contributed by atoms with E-state index >= 15 is 0 Å². The van der Waals surface area contributed by atoms with Gasteiger partial charge in [0.25, 0.3) is 0 Å². The normalized spacial score (nSPS) is 21.8. The van der Waals surface area contributed by atoms with Gasteiger partial charge >= 0.3 is 161 Å². The van der Waals surface area contributed by atoms with Crippen LogP contribution in [-0.2, 0) is 33.3 Å². The Bertz CT molecular complexity index is 997. The van der Waals surface area contributed by atoms with E-state index in [2.05, 4.69) is 99.3 Å². The molecule has 3 heteroatoms. The average molecular weight is 428 g/mol. The van der Waals surface area contributed by atoms with Crippen LogP contribution in [0.15, 0.2) is 83.5 Å². The third-order valence-corrected chi connectivity index (χ3v) is 6.75. The summed E-state index contributed by atoms with van der Waals surface area (Å²) in [4.78, 5) is 0. The van der Waals surface area contributed by atoms with E-state index in [4.69, 9.17) is 0 Å². The van der Waals surface area contributed by atoms with Gasteiger partial charge in [-0.1, -0.05) is 0 Å². The molecule has 0 spiro atoms. The molecule has 0 N–H and O–H groups in total. The van der Waals surface area contributed by atoms with Crippen LogP contribution in [0, 0.1) is 0 Å². The van der Waals surface area contributed by atoms with Crippen LogP contribution < -0.4 is 0 Å². The van der Waals surface area contributed by atoms with E-state index in [-0.39, 0.29) is 28.5 Å². The predicted octanol–water partition coefficient (Wildman–Crippen LogP) is 6.70. The number of halogens is 2. The Morgan fingerprint density at radius 3 is 2.00 bits per heavy atom. The first-order valence-corrected chi connectivity index (χ1v) is 9.72. The van der Waals surface area contributed by atoms with Crippen LogP contribution in [0.1, 0.15) is 28.7 Å². The van der Waals surface area contributed by atoms with Gasteiger partial charge in [0.05, 0.1) is 0 Å². The van der Waals surface area contributed by atoms with E-state index in [9.17, 15) is 0 Å². The Balaban J connectivity index is 0.00000105. The third kappa shape index (κ3) is 3.69. The summed E-state index contributed by atoms with van der Waals surface area (Å²) < 4.78 is 0.147. The fourth-order valence-electron chi connectivity index (χ4n) is 4.15. The first-order chi connectivity index (χ1) is 12.2. The zero-order valence-corrected chi connectivity index (χ0v) is 18.1. The molecule has 2 aromatic rings. The van der Waals surface area contributed by atoms with Gasteiger partial charge in [0.15, 0.2) is 0 Å². The monoisotopic (exact) mass is 427 g/mol. The number of hydrogen-bond acceptors (Lipinski definition) is 0. The minimum absolute atomic E-state index is 0. The van der Waals surface area contributed by atoms with Crippen molar-refractivity contribution in [3.8, 4) is 0 Å². The summed E-state index contributed by atoms with van der Waals surface area (Å²) in [6.07, 6.45) is 15.2. The van der Waals surface area contributed by atoms with Gasteiger partial charge in [-0.05, 0) is 0 Å². The van der Waals surface area contributed by atoms with Crippen molar-refractivity contribution in [2.75, 3.05) is 0 Å². The van der Waals surface area contributed by atoms with Gasteiger partial charge in [-0.3, -0.25) is 0 Å². The molecule has 1 unspecified atom stereocenters. The van der Waals surface area contributed by atoms with Gasteiger partial charge in [-0.15, -0.1) is 24.8 Å². The van der Waals surface area contributed by atoms with Crippen LogP contribution in [0.3, 0.4) is 0 Å².